The number of unbranched alkanes of at least 4 members (excludes halogenated alkanes) is 2. The fourth-order valence-corrected chi connectivity index (χ4v) is 0. The van der Waals surface area contributed by atoms with Crippen molar-refractivity contribution in [3.05, 3.63) is 0 Å². The smallest absolute Gasteiger partial charge is 0.134 e. The lowest BCUT2D eigenvalue weighted by atomic mass is 10.4. The highest BCUT2D eigenvalue weighted by Crippen LogP contribution is 1.98. The first-order chi connectivity index (χ1) is 5.56. The zero-order chi connectivity index (χ0) is 10.4. The van der Waals surface area contributed by atoms with Gasteiger partial charge in [0.05, 0.1) is 0 Å². The molecule has 0 aliphatic carbocycles. The first-order valence-corrected chi connectivity index (χ1v) is 5.58. The van der Waals surface area contributed by atoms with Crippen LogP contribution in [0.3, 0.4) is 0 Å². The predicted octanol–water partition coefficient (Wildman–Crippen LogP) is 3.24. The van der Waals surface area contributed by atoms with Crippen molar-refractivity contribution in [3.63, 3.8) is 0 Å². The molecule has 0 amide bonds. The summed E-state index contributed by atoms with van der Waals surface area (Å²) >= 11 is 0. The SMILES string of the molecule is CCCC.CCCC.O=[P+](O)O. The molecule has 0 aliphatic heterocycles. The topological polar surface area (TPSA) is 57.5 Å². The minimum atomic E-state index is -2.87. The Bertz CT molecular complexity index is 64.7. The van der Waals surface area contributed by atoms with E-state index < -0.39 is 8.25 Å². The zero-order valence-corrected chi connectivity index (χ0v) is 9.47. The number of hydrogen-bond donors (Lipinski definition) is 2. The van der Waals surface area contributed by atoms with Crippen molar-refractivity contribution < 1.29 is 14.4 Å². The Morgan fingerprint density at radius 2 is 0.917 bits per heavy atom. The third kappa shape index (κ3) is 200. The first-order valence-electron chi connectivity index (χ1n) is 4.41. The van der Waals surface area contributed by atoms with Gasteiger partial charge < -0.3 is 0 Å². The van der Waals surface area contributed by atoms with Crippen molar-refractivity contribution >= 4 is 8.25 Å². The van der Waals surface area contributed by atoms with E-state index in [9.17, 15) is 0 Å². The maximum atomic E-state index is 8.70. The van der Waals surface area contributed by atoms with Crippen LogP contribution < -0.4 is 0 Å². The van der Waals surface area contributed by atoms with Crippen molar-refractivity contribution in [2.75, 3.05) is 0 Å². The molecule has 0 rings (SSSR count). The van der Waals surface area contributed by atoms with E-state index in [4.69, 9.17) is 14.4 Å². The molecule has 0 aromatic rings. The van der Waals surface area contributed by atoms with E-state index in [2.05, 4.69) is 27.7 Å². The van der Waals surface area contributed by atoms with Gasteiger partial charge in [-0.2, -0.15) is 0 Å². The Labute approximate surface area is 76.8 Å². The second-order valence-corrected chi connectivity index (χ2v) is 2.76. The van der Waals surface area contributed by atoms with E-state index in [1.807, 2.05) is 0 Å². The minimum Gasteiger partial charge on any atom is -0.134 e. The lowest BCUT2D eigenvalue weighted by molar-refractivity contribution is 0.405. The van der Waals surface area contributed by atoms with Crippen LogP contribution >= 0.6 is 8.25 Å². The van der Waals surface area contributed by atoms with Gasteiger partial charge in [0.25, 0.3) is 0 Å². The van der Waals surface area contributed by atoms with E-state index in [1.54, 1.807) is 0 Å². The summed E-state index contributed by atoms with van der Waals surface area (Å²) < 4.78 is 8.70. The van der Waals surface area contributed by atoms with Crippen LogP contribution in [0.2, 0.25) is 0 Å². The third-order valence-electron chi connectivity index (χ3n) is 1.000. The van der Waals surface area contributed by atoms with Gasteiger partial charge in [-0.05, 0) is 0 Å². The summed E-state index contributed by atoms with van der Waals surface area (Å²) in [6.07, 6.45) is 5.28. The Hall–Kier alpha value is 0.0200. The molecule has 0 fully saturated rings. The summed E-state index contributed by atoms with van der Waals surface area (Å²) in [6, 6.07) is 0. The molecular weight excluding hydrogens is 175 g/mol. The summed E-state index contributed by atoms with van der Waals surface area (Å²) in [7, 11) is -2.87. The molecule has 0 spiro atoms. The molecule has 0 aromatic carbocycles. The Morgan fingerprint density at radius 3 is 0.917 bits per heavy atom. The maximum Gasteiger partial charge on any atom is 0.692 e. The lowest BCUT2D eigenvalue weighted by Crippen LogP contribution is -1.47. The van der Waals surface area contributed by atoms with Gasteiger partial charge in [-0.25, -0.2) is 0 Å². The fourth-order valence-electron chi connectivity index (χ4n) is 0. The molecule has 0 aromatic heterocycles. The van der Waals surface area contributed by atoms with E-state index in [0.29, 0.717) is 0 Å². The summed E-state index contributed by atoms with van der Waals surface area (Å²) in [5, 5.41) is 0. The molecule has 4 heteroatoms. The molecule has 0 bridgehead atoms. The second-order valence-electron chi connectivity index (χ2n) is 2.25. The van der Waals surface area contributed by atoms with Crippen LogP contribution in [0.1, 0.15) is 53.4 Å². The molecular formula is C8H22O3P+. The van der Waals surface area contributed by atoms with Crippen molar-refractivity contribution in [1.29, 1.82) is 0 Å². The van der Waals surface area contributed by atoms with Crippen LogP contribution in [0.15, 0.2) is 0 Å². The van der Waals surface area contributed by atoms with Crippen LogP contribution in [0.5, 0.6) is 0 Å². The van der Waals surface area contributed by atoms with Gasteiger partial charge in [0.15, 0.2) is 0 Å². The van der Waals surface area contributed by atoms with Gasteiger partial charge in [0.2, 0.25) is 0 Å². The van der Waals surface area contributed by atoms with E-state index in [1.165, 1.54) is 25.7 Å². The molecule has 0 radical (unpaired) electrons. The van der Waals surface area contributed by atoms with Gasteiger partial charge in [0.1, 0.15) is 0 Å². The van der Waals surface area contributed by atoms with Gasteiger partial charge in [-0.3, -0.25) is 0 Å². The van der Waals surface area contributed by atoms with Crippen molar-refractivity contribution in [2.45, 2.75) is 53.4 Å². The van der Waals surface area contributed by atoms with Gasteiger partial charge in [-0.15, -0.1) is 9.79 Å². The largest absolute Gasteiger partial charge is 0.692 e. The van der Waals surface area contributed by atoms with Gasteiger partial charge in [-0.1, -0.05) is 53.4 Å². The molecule has 0 heterocycles. The molecule has 0 atom stereocenters. The van der Waals surface area contributed by atoms with E-state index in [0.717, 1.165) is 0 Å². The van der Waals surface area contributed by atoms with E-state index in [-0.39, 0.29) is 0 Å². The monoisotopic (exact) mass is 197 g/mol. The summed E-state index contributed by atoms with van der Waals surface area (Å²) in [5.41, 5.74) is 0. The van der Waals surface area contributed by atoms with Crippen LogP contribution in [0.4, 0.5) is 0 Å². The number of rotatable bonds is 2. The lowest BCUT2D eigenvalue weighted by Gasteiger charge is -1.68. The number of hydrogen-bond acceptors (Lipinski definition) is 1. The Kier molecular flexibility index (Phi) is 33.6. The Balaban J connectivity index is -0.000000101. The Morgan fingerprint density at radius 1 is 0.833 bits per heavy atom. The van der Waals surface area contributed by atoms with E-state index >= 15 is 0 Å². The molecule has 0 unspecified atom stereocenters. The third-order valence-corrected chi connectivity index (χ3v) is 1.000. The second kappa shape index (κ2) is 22.5. The molecule has 76 valence electrons. The zero-order valence-electron chi connectivity index (χ0n) is 8.58. The summed E-state index contributed by atoms with van der Waals surface area (Å²) in [4.78, 5) is 14.2. The van der Waals surface area contributed by atoms with Crippen molar-refractivity contribution in [1.82, 2.24) is 0 Å². The molecule has 12 heavy (non-hydrogen) atoms. The van der Waals surface area contributed by atoms with Crippen LogP contribution in [-0.4, -0.2) is 9.79 Å². The van der Waals surface area contributed by atoms with Crippen LogP contribution in [0, 0.1) is 0 Å². The highest BCUT2D eigenvalue weighted by molar-refractivity contribution is 7.30. The molecule has 0 saturated carbocycles. The van der Waals surface area contributed by atoms with Crippen molar-refractivity contribution in [3.8, 4) is 0 Å². The van der Waals surface area contributed by atoms with Gasteiger partial charge in [0, 0.05) is 4.57 Å². The predicted molar refractivity (Wildman–Crippen MR) is 53.2 cm³/mol. The highest BCUT2D eigenvalue weighted by atomic mass is 31.1. The quantitative estimate of drug-likeness (QED) is 0.668. The average Bonchev–Trinajstić information content (AvgIpc) is 2.03. The van der Waals surface area contributed by atoms with Crippen LogP contribution in [0.25, 0.3) is 0 Å². The fraction of sp³-hybridized carbons (Fsp3) is 1.00. The normalized spacial score (nSPS) is 7.17. The summed E-state index contributed by atoms with van der Waals surface area (Å²) in [6.45, 7) is 8.72. The summed E-state index contributed by atoms with van der Waals surface area (Å²) in [5.74, 6) is 0. The maximum absolute atomic E-state index is 8.70. The molecule has 0 aliphatic rings. The van der Waals surface area contributed by atoms with Crippen molar-refractivity contribution in [2.24, 2.45) is 0 Å². The standard InChI is InChI=1S/2C4H10.HO3P/c2*1-3-4-2;1-4(2)3/h2*3-4H2,1-2H3;(H-,1,2,3)/p+1. The average molecular weight is 197 g/mol. The van der Waals surface area contributed by atoms with Gasteiger partial charge >= 0.3 is 8.25 Å². The molecule has 3 nitrogen and oxygen atoms in total. The first kappa shape index (κ1) is 17.9. The molecule has 0 saturated heterocycles. The minimum absolute atomic E-state index is 1.32. The molecule has 2 N–H and O–H groups in total. The highest BCUT2D eigenvalue weighted by Gasteiger charge is 1.93. The van der Waals surface area contributed by atoms with Crippen LogP contribution in [-0.2, 0) is 4.57 Å².